The molecule has 0 bridgehead atoms. The van der Waals surface area contributed by atoms with E-state index in [9.17, 15) is 0 Å². The van der Waals surface area contributed by atoms with Crippen molar-refractivity contribution in [1.82, 2.24) is 25.2 Å². The van der Waals surface area contributed by atoms with E-state index >= 15 is 0 Å². The van der Waals surface area contributed by atoms with Crippen LogP contribution in [-0.4, -0.2) is 40.7 Å². The Balaban J connectivity index is 0.00000243. The first kappa shape index (κ1) is 20.9. The van der Waals surface area contributed by atoms with Crippen molar-refractivity contribution in [1.29, 1.82) is 0 Å². The number of fused-ring (bicyclic) bond motifs is 1. The van der Waals surface area contributed by atoms with Gasteiger partial charge in [-0.05, 0) is 43.2 Å². The van der Waals surface area contributed by atoms with Gasteiger partial charge in [0, 0.05) is 32.8 Å². The summed E-state index contributed by atoms with van der Waals surface area (Å²) in [6.07, 6.45) is 10.6. The summed E-state index contributed by atoms with van der Waals surface area (Å²) in [6, 6.07) is 5.97. The highest BCUT2D eigenvalue weighted by atomic mass is 127. The van der Waals surface area contributed by atoms with Crippen LogP contribution in [0.25, 0.3) is 5.65 Å². The standard InChI is InChI=1S/C19H30N6.HI/c1-3-19(11-5-6-12-19)15-22-18(20-2)21-13-8-10-17-24-23-16-9-4-7-14-25(16)17;/h4,7,9,14H,3,5-6,8,10-13,15H2,1-2H3,(H2,20,21,22);1H. The molecule has 3 rings (SSSR count). The number of nitrogens with zero attached hydrogens (tertiary/aromatic N) is 4. The molecule has 26 heavy (non-hydrogen) atoms. The van der Waals surface area contributed by atoms with Crippen molar-refractivity contribution in [3.63, 3.8) is 0 Å². The zero-order valence-electron chi connectivity index (χ0n) is 15.9. The minimum Gasteiger partial charge on any atom is -0.356 e. The monoisotopic (exact) mass is 470 g/mol. The number of nitrogens with one attached hydrogen (secondary N) is 2. The van der Waals surface area contributed by atoms with Gasteiger partial charge in [0.1, 0.15) is 5.82 Å². The number of hydrogen-bond acceptors (Lipinski definition) is 3. The van der Waals surface area contributed by atoms with Gasteiger partial charge >= 0.3 is 0 Å². The zero-order valence-corrected chi connectivity index (χ0v) is 18.2. The minimum absolute atomic E-state index is 0. The number of aromatic nitrogens is 3. The van der Waals surface area contributed by atoms with Crippen molar-refractivity contribution in [3.8, 4) is 0 Å². The van der Waals surface area contributed by atoms with E-state index in [4.69, 9.17) is 0 Å². The van der Waals surface area contributed by atoms with Crippen molar-refractivity contribution in [2.75, 3.05) is 20.1 Å². The van der Waals surface area contributed by atoms with Crippen LogP contribution in [0.1, 0.15) is 51.3 Å². The van der Waals surface area contributed by atoms with Crippen molar-refractivity contribution >= 4 is 35.6 Å². The molecule has 2 aromatic rings. The minimum atomic E-state index is 0. The second-order valence-corrected chi connectivity index (χ2v) is 7.06. The molecule has 7 heteroatoms. The Labute approximate surface area is 173 Å². The van der Waals surface area contributed by atoms with Crippen molar-refractivity contribution < 1.29 is 0 Å². The van der Waals surface area contributed by atoms with Crippen LogP contribution in [0.5, 0.6) is 0 Å². The molecule has 1 aliphatic carbocycles. The van der Waals surface area contributed by atoms with Gasteiger partial charge in [0.05, 0.1) is 0 Å². The normalized spacial score (nSPS) is 16.5. The predicted octanol–water partition coefficient (Wildman–Crippen LogP) is 3.42. The Morgan fingerprint density at radius 3 is 2.77 bits per heavy atom. The van der Waals surface area contributed by atoms with Crippen LogP contribution in [0.2, 0.25) is 0 Å². The van der Waals surface area contributed by atoms with E-state index in [0.717, 1.165) is 43.4 Å². The van der Waals surface area contributed by atoms with E-state index in [1.54, 1.807) is 0 Å². The third-order valence-electron chi connectivity index (χ3n) is 5.52. The summed E-state index contributed by atoms with van der Waals surface area (Å²) in [7, 11) is 1.84. The zero-order chi connectivity index (χ0) is 17.5. The average molecular weight is 470 g/mol. The highest BCUT2D eigenvalue weighted by Gasteiger charge is 2.31. The van der Waals surface area contributed by atoms with E-state index in [2.05, 4.69) is 37.1 Å². The van der Waals surface area contributed by atoms with Crippen LogP contribution >= 0.6 is 24.0 Å². The van der Waals surface area contributed by atoms with Gasteiger partial charge in [-0.3, -0.25) is 9.39 Å². The lowest BCUT2D eigenvalue weighted by molar-refractivity contribution is 0.283. The fourth-order valence-electron chi connectivity index (χ4n) is 3.79. The Kier molecular flexibility index (Phi) is 8.12. The number of halogens is 1. The molecule has 0 aromatic carbocycles. The summed E-state index contributed by atoms with van der Waals surface area (Å²) in [5.41, 5.74) is 1.38. The topological polar surface area (TPSA) is 66.6 Å². The summed E-state index contributed by atoms with van der Waals surface area (Å²) in [4.78, 5) is 4.36. The maximum absolute atomic E-state index is 4.36. The SMILES string of the molecule is CCC1(CNC(=NC)NCCCc2nnc3ccccn23)CCCC1.I. The first-order valence-electron chi connectivity index (χ1n) is 9.49. The molecule has 2 heterocycles. The molecule has 1 fully saturated rings. The molecule has 0 radical (unpaired) electrons. The van der Waals surface area contributed by atoms with E-state index in [-0.39, 0.29) is 24.0 Å². The molecule has 0 atom stereocenters. The molecule has 2 N–H and O–H groups in total. The maximum atomic E-state index is 4.36. The molecule has 0 unspecified atom stereocenters. The first-order chi connectivity index (χ1) is 12.3. The third-order valence-corrected chi connectivity index (χ3v) is 5.52. The van der Waals surface area contributed by atoms with Gasteiger partial charge in [0.2, 0.25) is 0 Å². The second kappa shape index (κ2) is 10.1. The molecule has 0 saturated heterocycles. The summed E-state index contributed by atoms with van der Waals surface area (Å²) >= 11 is 0. The van der Waals surface area contributed by atoms with Crippen molar-refractivity contribution in [3.05, 3.63) is 30.2 Å². The van der Waals surface area contributed by atoms with Crippen LogP contribution in [0.15, 0.2) is 29.4 Å². The number of rotatable bonds is 7. The van der Waals surface area contributed by atoms with Gasteiger partial charge in [-0.2, -0.15) is 0 Å². The predicted molar refractivity (Wildman–Crippen MR) is 117 cm³/mol. The van der Waals surface area contributed by atoms with Crippen LogP contribution in [0.3, 0.4) is 0 Å². The smallest absolute Gasteiger partial charge is 0.190 e. The van der Waals surface area contributed by atoms with Crippen LogP contribution < -0.4 is 10.6 Å². The van der Waals surface area contributed by atoms with Crippen LogP contribution in [0.4, 0.5) is 0 Å². The lowest BCUT2D eigenvalue weighted by atomic mass is 9.83. The van der Waals surface area contributed by atoms with Gasteiger partial charge in [-0.15, -0.1) is 34.2 Å². The maximum Gasteiger partial charge on any atom is 0.190 e. The lowest BCUT2D eigenvalue weighted by Crippen LogP contribution is -2.43. The van der Waals surface area contributed by atoms with Gasteiger partial charge in [-0.1, -0.05) is 25.8 Å². The molecule has 0 aliphatic heterocycles. The number of pyridine rings is 1. The van der Waals surface area contributed by atoms with E-state index in [1.807, 2.05) is 31.4 Å². The summed E-state index contributed by atoms with van der Waals surface area (Å²) in [5, 5.41) is 15.4. The Morgan fingerprint density at radius 1 is 1.23 bits per heavy atom. The van der Waals surface area contributed by atoms with Gasteiger partial charge < -0.3 is 10.6 Å². The Bertz CT molecular complexity index is 705. The molecule has 1 saturated carbocycles. The van der Waals surface area contributed by atoms with Gasteiger partial charge in [-0.25, -0.2) is 0 Å². The fraction of sp³-hybridized carbons (Fsp3) is 0.632. The quantitative estimate of drug-likeness (QED) is 0.282. The number of aliphatic imine (C=N–C) groups is 1. The highest BCUT2D eigenvalue weighted by Crippen LogP contribution is 2.40. The molecule has 0 amide bonds. The molecule has 144 valence electrons. The Morgan fingerprint density at radius 2 is 2.04 bits per heavy atom. The summed E-state index contributed by atoms with van der Waals surface area (Å²) in [5.74, 6) is 1.92. The lowest BCUT2D eigenvalue weighted by Gasteiger charge is -2.28. The Hall–Kier alpha value is -1.38. The molecule has 1 aliphatic rings. The van der Waals surface area contributed by atoms with E-state index in [1.165, 1.54) is 32.1 Å². The molecule has 6 nitrogen and oxygen atoms in total. The molecular weight excluding hydrogens is 439 g/mol. The molecular formula is C19H31IN6. The number of hydrogen-bond donors (Lipinski definition) is 2. The largest absolute Gasteiger partial charge is 0.356 e. The van der Waals surface area contributed by atoms with Gasteiger partial charge in [0.25, 0.3) is 0 Å². The fourth-order valence-corrected chi connectivity index (χ4v) is 3.79. The first-order valence-corrected chi connectivity index (χ1v) is 9.49. The van der Waals surface area contributed by atoms with Crippen molar-refractivity contribution in [2.24, 2.45) is 10.4 Å². The highest BCUT2D eigenvalue weighted by molar-refractivity contribution is 14.0. The summed E-state index contributed by atoms with van der Waals surface area (Å²) in [6.45, 7) is 4.21. The van der Waals surface area contributed by atoms with Crippen LogP contribution in [-0.2, 0) is 6.42 Å². The van der Waals surface area contributed by atoms with Gasteiger partial charge in [0.15, 0.2) is 11.6 Å². The summed E-state index contributed by atoms with van der Waals surface area (Å²) < 4.78 is 2.05. The van der Waals surface area contributed by atoms with E-state index < -0.39 is 0 Å². The number of guanidine groups is 1. The molecule has 2 aromatic heterocycles. The van der Waals surface area contributed by atoms with E-state index in [0.29, 0.717) is 5.41 Å². The van der Waals surface area contributed by atoms with Crippen molar-refractivity contribution in [2.45, 2.75) is 51.9 Å². The molecule has 0 spiro atoms. The number of aryl methyl sites for hydroxylation is 1. The third kappa shape index (κ3) is 5.08. The average Bonchev–Trinajstić information content (AvgIpc) is 3.29. The van der Waals surface area contributed by atoms with Crippen LogP contribution in [0, 0.1) is 5.41 Å². The second-order valence-electron chi connectivity index (χ2n) is 7.06.